The van der Waals surface area contributed by atoms with Gasteiger partial charge in [0.05, 0.1) is 6.54 Å². The van der Waals surface area contributed by atoms with E-state index in [9.17, 15) is 14.4 Å². The Balaban J connectivity index is 1.87. The van der Waals surface area contributed by atoms with E-state index in [4.69, 9.17) is 0 Å². The molecule has 1 aliphatic heterocycles. The normalized spacial score (nSPS) is 15.1. The fourth-order valence-electron chi connectivity index (χ4n) is 2.37. The Morgan fingerprint density at radius 2 is 1.83 bits per heavy atom. The minimum absolute atomic E-state index is 0.0209. The molecule has 0 spiro atoms. The first kappa shape index (κ1) is 17.0. The summed E-state index contributed by atoms with van der Waals surface area (Å²) in [5.74, 6) is -0.614. The van der Waals surface area contributed by atoms with Crippen LogP contribution in [0, 0.1) is 0 Å². The first-order valence-electron chi connectivity index (χ1n) is 7.58. The van der Waals surface area contributed by atoms with Gasteiger partial charge in [0, 0.05) is 44.4 Å². The van der Waals surface area contributed by atoms with E-state index in [1.807, 2.05) is 7.05 Å². The van der Waals surface area contributed by atoms with E-state index < -0.39 is 0 Å². The van der Waals surface area contributed by atoms with Crippen LogP contribution < -0.4 is 10.6 Å². The van der Waals surface area contributed by atoms with E-state index >= 15 is 0 Å². The molecule has 1 aliphatic rings. The van der Waals surface area contributed by atoms with Crippen molar-refractivity contribution in [3.8, 4) is 0 Å². The maximum absolute atomic E-state index is 12.1. The zero-order valence-electron chi connectivity index (χ0n) is 13.5. The Bertz CT molecular complexity index is 595. The summed E-state index contributed by atoms with van der Waals surface area (Å²) in [5, 5.41) is 5.25. The first-order chi connectivity index (χ1) is 11.0. The van der Waals surface area contributed by atoms with Gasteiger partial charge < -0.3 is 20.4 Å². The molecule has 0 atom stereocenters. The molecule has 0 aromatic heterocycles. The van der Waals surface area contributed by atoms with Crippen molar-refractivity contribution >= 4 is 23.4 Å². The number of hydrogen-bond donors (Lipinski definition) is 2. The fraction of sp³-hybridized carbons (Fsp3) is 0.438. The van der Waals surface area contributed by atoms with Crippen molar-refractivity contribution in [2.24, 2.45) is 0 Å². The molecule has 2 rings (SSSR count). The van der Waals surface area contributed by atoms with Crippen molar-refractivity contribution in [2.45, 2.75) is 6.92 Å². The first-order valence-corrected chi connectivity index (χ1v) is 7.58. The predicted molar refractivity (Wildman–Crippen MR) is 87.2 cm³/mol. The highest BCUT2D eigenvalue weighted by molar-refractivity contribution is 5.98. The van der Waals surface area contributed by atoms with Crippen LogP contribution in [0.1, 0.15) is 17.3 Å². The molecule has 1 fully saturated rings. The number of nitrogens with one attached hydrogen (secondary N) is 2. The van der Waals surface area contributed by atoms with E-state index in [2.05, 4.69) is 15.5 Å². The van der Waals surface area contributed by atoms with Gasteiger partial charge in [0.1, 0.15) is 0 Å². The molecule has 0 unspecified atom stereocenters. The van der Waals surface area contributed by atoms with Gasteiger partial charge in [0.15, 0.2) is 0 Å². The smallest absolute Gasteiger partial charge is 0.251 e. The Morgan fingerprint density at radius 1 is 1.13 bits per heavy atom. The summed E-state index contributed by atoms with van der Waals surface area (Å²) in [6, 6.07) is 6.61. The molecule has 0 radical (unpaired) electrons. The molecule has 23 heavy (non-hydrogen) atoms. The third-order valence-electron chi connectivity index (χ3n) is 3.70. The number of likely N-dealkylation sites (N-methyl/N-ethyl adjacent to an activating group) is 1. The monoisotopic (exact) mass is 318 g/mol. The van der Waals surface area contributed by atoms with Gasteiger partial charge in [-0.25, -0.2) is 0 Å². The maximum Gasteiger partial charge on any atom is 0.251 e. The summed E-state index contributed by atoms with van der Waals surface area (Å²) in [5.41, 5.74) is 0.956. The van der Waals surface area contributed by atoms with E-state index in [-0.39, 0.29) is 24.3 Å². The van der Waals surface area contributed by atoms with E-state index in [1.165, 1.54) is 6.92 Å². The zero-order chi connectivity index (χ0) is 16.8. The lowest BCUT2D eigenvalue weighted by Gasteiger charge is -2.32. The van der Waals surface area contributed by atoms with Crippen LogP contribution in [0.2, 0.25) is 0 Å². The van der Waals surface area contributed by atoms with Crippen LogP contribution in [-0.2, 0) is 9.59 Å². The molecule has 0 aliphatic carbocycles. The van der Waals surface area contributed by atoms with Crippen molar-refractivity contribution < 1.29 is 14.4 Å². The lowest BCUT2D eigenvalue weighted by Crippen LogP contribution is -2.50. The van der Waals surface area contributed by atoms with Gasteiger partial charge in [0.2, 0.25) is 11.8 Å². The highest BCUT2D eigenvalue weighted by atomic mass is 16.2. The molecule has 1 heterocycles. The molecule has 124 valence electrons. The molecule has 7 heteroatoms. The molecular weight excluding hydrogens is 296 g/mol. The highest BCUT2D eigenvalue weighted by Crippen LogP contribution is 2.10. The second-order valence-electron chi connectivity index (χ2n) is 5.63. The van der Waals surface area contributed by atoms with Crippen molar-refractivity contribution in [1.82, 2.24) is 15.1 Å². The number of rotatable bonds is 4. The van der Waals surface area contributed by atoms with Crippen molar-refractivity contribution in [2.75, 3.05) is 45.1 Å². The number of anilines is 1. The van der Waals surface area contributed by atoms with Gasteiger partial charge in [-0.1, -0.05) is 6.07 Å². The number of hydrogen-bond acceptors (Lipinski definition) is 4. The van der Waals surface area contributed by atoms with Crippen LogP contribution in [-0.4, -0.2) is 67.3 Å². The van der Waals surface area contributed by atoms with Crippen molar-refractivity contribution in [3.05, 3.63) is 29.8 Å². The number of carbonyl (C=O) groups is 3. The lowest BCUT2D eigenvalue weighted by molar-refractivity contribution is -0.131. The second-order valence-corrected chi connectivity index (χ2v) is 5.63. The van der Waals surface area contributed by atoms with Crippen molar-refractivity contribution in [3.63, 3.8) is 0 Å². The maximum atomic E-state index is 12.1. The summed E-state index contributed by atoms with van der Waals surface area (Å²) in [4.78, 5) is 39.2. The van der Waals surface area contributed by atoms with Crippen LogP contribution in [0.5, 0.6) is 0 Å². The Hall–Kier alpha value is -2.41. The molecular formula is C16H22N4O3. The minimum atomic E-state index is -0.334. The van der Waals surface area contributed by atoms with E-state index in [0.29, 0.717) is 24.3 Å². The topological polar surface area (TPSA) is 81.8 Å². The zero-order valence-corrected chi connectivity index (χ0v) is 13.5. The molecule has 0 bridgehead atoms. The van der Waals surface area contributed by atoms with E-state index in [1.54, 1.807) is 29.2 Å². The summed E-state index contributed by atoms with van der Waals surface area (Å²) in [6.07, 6.45) is 0. The SMILES string of the molecule is CC(=O)Nc1cccc(C(=O)NCC(=O)N2CCN(C)CC2)c1. The quantitative estimate of drug-likeness (QED) is 0.828. The number of nitrogens with zero attached hydrogens (tertiary/aromatic N) is 2. The van der Waals surface area contributed by atoms with Crippen LogP contribution in [0.15, 0.2) is 24.3 Å². The second kappa shape index (κ2) is 7.73. The van der Waals surface area contributed by atoms with Gasteiger partial charge >= 0.3 is 0 Å². The van der Waals surface area contributed by atoms with Gasteiger partial charge in [-0.3, -0.25) is 14.4 Å². The van der Waals surface area contributed by atoms with E-state index in [0.717, 1.165) is 13.1 Å². The predicted octanol–water partition coefficient (Wildman–Crippen LogP) is 0.149. The average Bonchev–Trinajstić information content (AvgIpc) is 2.52. The highest BCUT2D eigenvalue weighted by Gasteiger charge is 2.19. The number of benzene rings is 1. The third-order valence-corrected chi connectivity index (χ3v) is 3.70. The van der Waals surface area contributed by atoms with Gasteiger partial charge in [-0.15, -0.1) is 0 Å². The Kier molecular flexibility index (Phi) is 5.70. The summed E-state index contributed by atoms with van der Waals surface area (Å²) in [6.45, 7) is 4.44. The number of piperazine rings is 1. The largest absolute Gasteiger partial charge is 0.343 e. The van der Waals surface area contributed by atoms with Gasteiger partial charge in [0.25, 0.3) is 5.91 Å². The standard InChI is InChI=1S/C16H22N4O3/c1-12(21)18-14-5-3-4-13(10-14)16(23)17-11-15(22)20-8-6-19(2)7-9-20/h3-5,10H,6-9,11H2,1-2H3,(H,17,23)(H,18,21). The summed E-state index contributed by atoms with van der Waals surface area (Å²) < 4.78 is 0. The van der Waals surface area contributed by atoms with Crippen LogP contribution in [0.4, 0.5) is 5.69 Å². The molecule has 2 N–H and O–H groups in total. The molecule has 0 saturated carbocycles. The van der Waals surface area contributed by atoms with Gasteiger partial charge in [-0.2, -0.15) is 0 Å². The minimum Gasteiger partial charge on any atom is -0.343 e. The molecule has 1 aromatic rings. The molecule has 1 aromatic carbocycles. The Morgan fingerprint density at radius 3 is 2.48 bits per heavy atom. The fourth-order valence-corrected chi connectivity index (χ4v) is 2.37. The molecule has 7 nitrogen and oxygen atoms in total. The third kappa shape index (κ3) is 5.07. The summed E-state index contributed by atoms with van der Waals surface area (Å²) >= 11 is 0. The Labute approximate surface area is 135 Å². The van der Waals surface area contributed by atoms with Crippen molar-refractivity contribution in [1.29, 1.82) is 0 Å². The number of amides is 3. The van der Waals surface area contributed by atoms with Crippen LogP contribution >= 0.6 is 0 Å². The lowest BCUT2D eigenvalue weighted by atomic mass is 10.2. The molecule has 1 saturated heterocycles. The average molecular weight is 318 g/mol. The molecule has 3 amide bonds. The summed E-state index contributed by atoms with van der Waals surface area (Å²) in [7, 11) is 2.02. The number of carbonyl (C=O) groups excluding carboxylic acids is 3. The van der Waals surface area contributed by atoms with Crippen LogP contribution in [0.25, 0.3) is 0 Å². The van der Waals surface area contributed by atoms with Crippen LogP contribution in [0.3, 0.4) is 0 Å². The van der Waals surface area contributed by atoms with Gasteiger partial charge in [-0.05, 0) is 25.2 Å².